The fraction of sp³-hybridized carbons (Fsp3) is 0.250. The first-order chi connectivity index (χ1) is 9.95. The van der Waals surface area contributed by atoms with E-state index < -0.39 is 0 Å². The SMILES string of the molecule is Cc1ccc(CC(=O)N(C)Cc2cc(Br)ccc2F)cn1. The van der Waals surface area contributed by atoms with E-state index in [-0.39, 0.29) is 24.7 Å². The van der Waals surface area contributed by atoms with Crippen molar-refractivity contribution in [3.63, 3.8) is 0 Å². The lowest BCUT2D eigenvalue weighted by Crippen LogP contribution is -2.28. The topological polar surface area (TPSA) is 33.2 Å². The van der Waals surface area contributed by atoms with Crippen molar-refractivity contribution in [2.24, 2.45) is 0 Å². The lowest BCUT2D eigenvalue weighted by Gasteiger charge is -2.18. The number of benzene rings is 1. The van der Waals surface area contributed by atoms with Gasteiger partial charge in [-0.25, -0.2) is 4.39 Å². The van der Waals surface area contributed by atoms with Crippen molar-refractivity contribution in [1.29, 1.82) is 0 Å². The van der Waals surface area contributed by atoms with Gasteiger partial charge in [-0.15, -0.1) is 0 Å². The lowest BCUT2D eigenvalue weighted by molar-refractivity contribution is -0.129. The van der Waals surface area contributed by atoms with Gasteiger partial charge >= 0.3 is 0 Å². The van der Waals surface area contributed by atoms with Gasteiger partial charge in [0.1, 0.15) is 5.82 Å². The third-order valence-corrected chi connectivity index (χ3v) is 3.66. The highest BCUT2D eigenvalue weighted by atomic mass is 79.9. The van der Waals surface area contributed by atoms with Gasteiger partial charge < -0.3 is 4.90 Å². The molecular weight excluding hydrogens is 335 g/mol. The van der Waals surface area contributed by atoms with Crippen LogP contribution in [-0.4, -0.2) is 22.8 Å². The Kier molecular flexibility index (Phi) is 5.07. The molecule has 0 atom stereocenters. The summed E-state index contributed by atoms with van der Waals surface area (Å²) in [6.07, 6.45) is 1.96. The first kappa shape index (κ1) is 15.6. The fourth-order valence-electron chi connectivity index (χ4n) is 1.92. The number of nitrogens with zero attached hydrogens (tertiary/aromatic N) is 2. The number of rotatable bonds is 4. The Balaban J connectivity index is 2.02. The van der Waals surface area contributed by atoms with Crippen LogP contribution in [0, 0.1) is 12.7 Å². The standard InChI is InChI=1S/C16H16BrFN2O/c1-11-3-4-12(9-19-11)7-16(21)20(2)10-13-8-14(17)5-6-15(13)18/h3-6,8-9H,7,10H2,1-2H3. The second-order valence-corrected chi connectivity index (χ2v) is 5.89. The molecule has 0 N–H and O–H groups in total. The highest BCUT2D eigenvalue weighted by Gasteiger charge is 2.13. The Morgan fingerprint density at radius 3 is 2.76 bits per heavy atom. The molecule has 0 saturated carbocycles. The largest absolute Gasteiger partial charge is 0.341 e. The van der Waals surface area contributed by atoms with Gasteiger partial charge in [0, 0.05) is 35.5 Å². The zero-order valence-electron chi connectivity index (χ0n) is 11.9. The number of aromatic nitrogens is 1. The van der Waals surface area contributed by atoms with Crippen molar-refractivity contribution in [2.75, 3.05) is 7.05 Å². The molecule has 110 valence electrons. The number of pyridine rings is 1. The molecule has 0 fully saturated rings. The van der Waals surface area contributed by atoms with Crippen molar-refractivity contribution in [3.05, 3.63) is 63.6 Å². The van der Waals surface area contributed by atoms with Gasteiger partial charge in [0.25, 0.3) is 0 Å². The number of hydrogen-bond acceptors (Lipinski definition) is 2. The first-order valence-electron chi connectivity index (χ1n) is 6.55. The summed E-state index contributed by atoms with van der Waals surface area (Å²) in [5.74, 6) is -0.380. The van der Waals surface area contributed by atoms with Crippen LogP contribution >= 0.6 is 15.9 Å². The van der Waals surface area contributed by atoms with E-state index in [1.165, 1.54) is 11.0 Å². The monoisotopic (exact) mass is 350 g/mol. The molecule has 1 aromatic carbocycles. The molecule has 0 radical (unpaired) electrons. The minimum Gasteiger partial charge on any atom is -0.341 e. The number of carbonyl (C=O) groups is 1. The predicted octanol–water partition coefficient (Wildman–Crippen LogP) is 3.49. The van der Waals surface area contributed by atoms with Crippen molar-refractivity contribution in [2.45, 2.75) is 19.9 Å². The Bertz CT molecular complexity index is 643. The molecule has 0 bridgehead atoms. The van der Waals surface area contributed by atoms with Gasteiger partial charge in [0.05, 0.1) is 6.42 Å². The zero-order chi connectivity index (χ0) is 15.4. The van der Waals surface area contributed by atoms with Gasteiger partial charge in [0.2, 0.25) is 5.91 Å². The van der Waals surface area contributed by atoms with E-state index in [1.54, 1.807) is 25.4 Å². The molecule has 2 rings (SSSR count). The molecule has 3 nitrogen and oxygen atoms in total. The van der Waals surface area contributed by atoms with E-state index in [4.69, 9.17) is 0 Å². The molecule has 0 saturated heterocycles. The number of carbonyl (C=O) groups excluding carboxylic acids is 1. The van der Waals surface area contributed by atoms with Crippen LogP contribution in [0.25, 0.3) is 0 Å². The number of amides is 1. The fourth-order valence-corrected chi connectivity index (χ4v) is 2.33. The maximum absolute atomic E-state index is 13.7. The minimum atomic E-state index is -0.310. The Labute approximate surface area is 131 Å². The smallest absolute Gasteiger partial charge is 0.227 e. The van der Waals surface area contributed by atoms with Gasteiger partial charge in [-0.2, -0.15) is 0 Å². The lowest BCUT2D eigenvalue weighted by atomic mass is 10.1. The average Bonchev–Trinajstić information content (AvgIpc) is 2.45. The summed E-state index contributed by atoms with van der Waals surface area (Å²) in [6.45, 7) is 2.14. The van der Waals surface area contributed by atoms with E-state index in [0.29, 0.717) is 5.56 Å². The highest BCUT2D eigenvalue weighted by molar-refractivity contribution is 9.10. The van der Waals surface area contributed by atoms with E-state index in [9.17, 15) is 9.18 Å². The molecule has 0 aliphatic rings. The summed E-state index contributed by atoms with van der Waals surface area (Å²) in [6, 6.07) is 8.47. The van der Waals surface area contributed by atoms with Crippen LogP contribution in [0.1, 0.15) is 16.8 Å². The van der Waals surface area contributed by atoms with Crippen LogP contribution in [0.15, 0.2) is 41.0 Å². The molecule has 0 aliphatic carbocycles. The van der Waals surface area contributed by atoms with Crippen molar-refractivity contribution < 1.29 is 9.18 Å². The normalized spacial score (nSPS) is 10.5. The molecule has 2 aromatic rings. The summed E-state index contributed by atoms with van der Waals surface area (Å²) in [7, 11) is 1.67. The number of halogens is 2. The highest BCUT2D eigenvalue weighted by Crippen LogP contribution is 2.17. The van der Waals surface area contributed by atoms with E-state index in [2.05, 4.69) is 20.9 Å². The van der Waals surface area contributed by atoms with Gasteiger partial charge in [-0.1, -0.05) is 22.0 Å². The maximum atomic E-state index is 13.7. The number of aryl methyl sites for hydroxylation is 1. The summed E-state index contributed by atoms with van der Waals surface area (Å²) in [5.41, 5.74) is 2.25. The van der Waals surface area contributed by atoms with Crippen molar-refractivity contribution in [1.82, 2.24) is 9.88 Å². The summed E-state index contributed by atoms with van der Waals surface area (Å²) in [5, 5.41) is 0. The molecular formula is C16H16BrFN2O. The quantitative estimate of drug-likeness (QED) is 0.845. The Hall–Kier alpha value is -1.75. The van der Waals surface area contributed by atoms with Crippen LogP contribution in [0.3, 0.4) is 0 Å². The number of likely N-dealkylation sites (N-methyl/N-ethyl adjacent to an activating group) is 1. The Morgan fingerprint density at radius 2 is 2.10 bits per heavy atom. The van der Waals surface area contributed by atoms with E-state index >= 15 is 0 Å². The molecule has 0 unspecified atom stereocenters. The molecule has 0 aliphatic heterocycles. The van der Waals surface area contributed by atoms with Crippen molar-refractivity contribution in [3.8, 4) is 0 Å². The van der Waals surface area contributed by atoms with Gasteiger partial charge in [-0.05, 0) is 36.8 Å². The zero-order valence-corrected chi connectivity index (χ0v) is 13.5. The third kappa shape index (κ3) is 4.36. The molecule has 1 heterocycles. The molecule has 1 amide bonds. The molecule has 0 spiro atoms. The second-order valence-electron chi connectivity index (χ2n) is 4.97. The van der Waals surface area contributed by atoms with Crippen LogP contribution in [0.5, 0.6) is 0 Å². The van der Waals surface area contributed by atoms with Crippen LogP contribution in [-0.2, 0) is 17.8 Å². The van der Waals surface area contributed by atoms with Crippen molar-refractivity contribution >= 4 is 21.8 Å². The molecule has 5 heteroatoms. The van der Waals surface area contributed by atoms with E-state index in [1.807, 2.05) is 19.1 Å². The second kappa shape index (κ2) is 6.80. The Morgan fingerprint density at radius 1 is 1.33 bits per heavy atom. The number of hydrogen-bond donors (Lipinski definition) is 0. The third-order valence-electron chi connectivity index (χ3n) is 3.17. The molecule has 21 heavy (non-hydrogen) atoms. The minimum absolute atomic E-state index is 0.0694. The summed E-state index contributed by atoms with van der Waals surface area (Å²) < 4.78 is 14.5. The summed E-state index contributed by atoms with van der Waals surface area (Å²) in [4.78, 5) is 17.8. The molecule has 1 aromatic heterocycles. The maximum Gasteiger partial charge on any atom is 0.227 e. The van der Waals surface area contributed by atoms with Gasteiger partial charge in [-0.3, -0.25) is 9.78 Å². The van der Waals surface area contributed by atoms with Crippen LogP contribution in [0.4, 0.5) is 4.39 Å². The van der Waals surface area contributed by atoms with Crippen LogP contribution in [0.2, 0.25) is 0 Å². The van der Waals surface area contributed by atoms with Gasteiger partial charge in [0.15, 0.2) is 0 Å². The average molecular weight is 351 g/mol. The van der Waals surface area contributed by atoms with Crippen LogP contribution < -0.4 is 0 Å². The van der Waals surface area contributed by atoms with E-state index in [0.717, 1.165) is 15.7 Å². The first-order valence-corrected chi connectivity index (χ1v) is 7.34. The summed E-state index contributed by atoms with van der Waals surface area (Å²) >= 11 is 3.31. The predicted molar refractivity (Wildman–Crippen MR) is 83.3 cm³/mol.